The van der Waals surface area contributed by atoms with Gasteiger partial charge in [-0.05, 0) is 70.8 Å². The SMILES string of the molecule is CCCCCC(=O)NC(CCCCNC(=O)CCCCN)C(=O)NC(CCCCNC(=O)CCCC)C(N)=O. The van der Waals surface area contributed by atoms with Crippen LogP contribution in [0.4, 0.5) is 0 Å². The van der Waals surface area contributed by atoms with Crippen LogP contribution in [0.15, 0.2) is 0 Å². The summed E-state index contributed by atoms with van der Waals surface area (Å²) in [6, 6.07) is -1.65. The van der Waals surface area contributed by atoms with Gasteiger partial charge in [-0.25, -0.2) is 0 Å². The molecule has 2 atom stereocenters. The van der Waals surface area contributed by atoms with Gasteiger partial charge in [0, 0.05) is 32.4 Å². The Kier molecular flexibility index (Phi) is 22.7. The van der Waals surface area contributed by atoms with Crippen LogP contribution in [0.25, 0.3) is 0 Å². The number of carbonyl (C=O) groups excluding carboxylic acids is 5. The van der Waals surface area contributed by atoms with E-state index in [-0.39, 0.29) is 17.7 Å². The molecule has 0 saturated heterocycles. The fraction of sp³-hybridized carbons (Fsp3) is 0.821. The van der Waals surface area contributed by atoms with E-state index in [2.05, 4.69) is 28.2 Å². The van der Waals surface area contributed by atoms with Gasteiger partial charge in [0.05, 0.1) is 0 Å². The predicted octanol–water partition coefficient (Wildman–Crippen LogP) is 1.91. The topological polar surface area (TPSA) is 186 Å². The Balaban J connectivity index is 4.75. The van der Waals surface area contributed by atoms with Gasteiger partial charge in [0.25, 0.3) is 0 Å². The molecule has 11 nitrogen and oxygen atoms in total. The Bertz CT molecular complexity index is 719. The zero-order chi connectivity index (χ0) is 29.3. The van der Waals surface area contributed by atoms with Crippen LogP contribution < -0.4 is 32.7 Å². The van der Waals surface area contributed by atoms with Gasteiger partial charge in [-0.2, -0.15) is 0 Å². The number of unbranched alkanes of at least 4 members (excludes halogenated alkanes) is 6. The number of primary amides is 1. The molecule has 0 radical (unpaired) electrons. The number of hydrogen-bond acceptors (Lipinski definition) is 6. The zero-order valence-electron chi connectivity index (χ0n) is 24.3. The summed E-state index contributed by atoms with van der Waals surface area (Å²) in [5.41, 5.74) is 11.0. The van der Waals surface area contributed by atoms with Crippen molar-refractivity contribution in [3.63, 3.8) is 0 Å². The first kappa shape index (κ1) is 36.3. The molecule has 0 bridgehead atoms. The molecule has 2 unspecified atom stereocenters. The summed E-state index contributed by atoms with van der Waals surface area (Å²) < 4.78 is 0. The third kappa shape index (κ3) is 20.9. The maximum absolute atomic E-state index is 13.1. The van der Waals surface area contributed by atoms with Gasteiger partial charge >= 0.3 is 0 Å². The van der Waals surface area contributed by atoms with Gasteiger partial charge in [0.15, 0.2) is 0 Å². The van der Waals surface area contributed by atoms with Crippen LogP contribution >= 0.6 is 0 Å². The molecule has 0 aromatic rings. The summed E-state index contributed by atoms with van der Waals surface area (Å²) in [4.78, 5) is 61.0. The standard InChI is InChI=1S/C28H54N6O5/c1-3-5-7-18-26(37)33-23(15-10-13-21-32-25(36)17-8-11-19-29)28(39)34-22(27(30)38)14-9-12-20-31-24(35)16-6-4-2/h22-23H,3-21,29H2,1-2H3,(H2,30,38)(H,31,35)(H,32,36)(H,33,37)(H,34,39). The van der Waals surface area contributed by atoms with Crippen LogP contribution in [0.1, 0.15) is 117 Å². The monoisotopic (exact) mass is 554 g/mol. The van der Waals surface area contributed by atoms with Crippen LogP contribution in [0, 0.1) is 0 Å². The van der Waals surface area contributed by atoms with E-state index in [9.17, 15) is 24.0 Å². The molecular weight excluding hydrogens is 500 g/mol. The van der Waals surface area contributed by atoms with Crippen molar-refractivity contribution in [1.82, 2.24) is 21.3 Å². The predicted molar refractivity (Wildman–Crippen MR) is 153 cm³/mol. The Morgan fingerprint density at radius 2 is 1.10 bits per heavy atom. The highest BCUT2D eigenvalue weighted by Crippen LogP contribution is 2.07. The molecule has 0 aliphatic carbocycles. The molecule has 8 N–H and O–H groups in total. The highest BCUT2D eigenvalue weighted by atomic mass is 16.2. The van der Waals surface area contributed by atoms with E-state index >= 15 is 0 Å². The van der Waals surface area contributed by atoms with Gasteiger partial charge in [0.2, 0.25) is 29.5 Å². The number of nitrogens with two attached hydrogens (primary N) is 2. The van der Waals surface area contributed by atoms with E-state index in [0.29, 0.717) is 77.4 Å². The van der Waals surface area contributed by atoms with Crippen LogP contribution in [-0.4, -0.2) is 61.3 Å². The molecule has 0 saturated carbocycles. The number of hydrogen-bond donors (Lipinski definition) is 6. The molecule has 0 aromatic carbocycles. The lowest BCUT2D eigenvalue weighted by Crippen LogP contribution is -2.53. The number of rotatable bonds is 25. The lowest BCUT2D eigenvalue weighted by Gasteiger charge is -2.22. The van der Waals surface area contributed by atoms with Crippen molar-refractivity contribution in [3.8, 4) is 0 Å². The second-order valence-electron chi connectivity index (χ2n) is 10.1. The molecule has 0 rings (SSSR count). The average molecular weight is 555 g/mol. The molecule has 0 heterocycles. The van der Waals surface area contributed by atoms with Gasteiger partial charge in [-0.1, -0.05) is 33.1 Å². The van der Waals surface area contributed by atoms with Crippen molar-refractivity contribution >= 4 is 29.5 Å². The Labute approximate surface area is 234 Å². The molecule has 0 aromatic heterocycles. The van der Waals surface area contributed by atoms with Crippen molar-refractivity contribution in [2.75, 3.05) is 19.6 Å². The minimum Gasteiger partial charge on any atom is -0.368 e. The van der Waals surface area contributed by atoms with E-state index in [1.165, 1.54) is 0 Å². The van der Waals surface area contributed by atoms with Crippen molar-refractivity contribution in [2.45, 2.75) is 129 Å². The van der Waals surface area contributed by atoms with E-state index < -0.39 is 23.9 Å². The fourth-order valence-corrected chi connectivity index (χ4v) is 3.98. The molecular formula is C28H54N6O5. The maximum atomic E-state index is 13.1. The minimum absolute atomic E-state index is 0.0142. The van der Waals surface area contributed by atoms with E-state index in [1.807, 2.05) is 6.92 Å². The molecule has 0 spiro atoms. The summed E-state index contributed by atoms with van der Waals surface area (Å²) in [5.74, 6) is -1.29. The Morgan fingerprint density at radius 3 is 1.64 bits per heavy atom. The number of carbonyl (C=O) groups is 5. The second kappa shape index (κ2) is 24.4. The summed E-state index contributed by atoms with van der Waals surface area (Å²) in [6.45, 7) is 5.63. The van der Waals surface area contributed by atoms with Crippen LogP contribution in [0.5, 0.6) is 0 Å². The Hall–Kier alpha value is -2.69. The van der Waals surface area contributed by atoms with E-state index in [4.69, 9.17) is 11.5 Å². The molecule has 39 heavy (non-hydrogen) atoms. The second-order valence-corrected chi connectivity index (χ2v) is 10.1. The first-order valence-corrected chi connectivity index (χ1v) is 14.9. The normalized spacial score (nSPS) is 12.3. The van der Waals surface area contributed by atoms with Gasteiger partial charge < -0.3 is 32.7 Å². The van der Waals surface area contributed by atoms with Crippen molar-refractivity contribution in [1.29, 1.82) is 0 Å². The number of amides is 5. The minimum atomic E-state index is -0.861. The van der Waals surface area contributed by atoms with E-state index in [0.717, 1.165) is 44.9 Å². The lowest BCUT2D eigenvalue weighted by atomic mass is 10.0. The Morgan fingerprint density at radius 1 is 0.590 bits per heavy atom. The average Bonchev–Trinajstić information content (AvgIpc) is 2.90. The molecule has 5 amide bonds. The smallest absolute Gasteiger partial charge is 0.243 e. The quantitative estimate of drug-likeness (QED) is 0.0936. The molecule has 11 heteroatoms. The summed E-state index contributed by atoms with van der Waals surface area (Å²) >= 11 is 0. The first-order chi connectivity index (χ1) is 18.7. The largest absolute Gasteiger partial charge is 0.368 e. The highest BCUT2D eigenvalue weighted by molar-refractivity contribution is 5.91. The van der Waals surface area contributed by atoms with Gasteiger partial charge in [-0.3, -0.25) is 24.0 Å². The van der Waals surface area contributed by atoms with Crippen molar-refractivity contribution in [2.24, 2.45) is 11.5 Å². The molecule has 226 valence electrons. The van der Waals surface area contributed by atoms with Crippen LogP contribution in [0.2, 0.25) is 0 Å². The summed E-state index contributed by atoms with van der Waals surface area (Å²) in [6.07, 6.45) is 10.5. The molecule has 0 aliphatic rings. The first-order valence-electron chi connectivity index (χ1n) is 14.9. The van der Waals surface area contributed by atoms with Crippen molar-refractivity contribution in [3.05, 3.63) is 0 Å². The van der Waals surface area contributed by atoms with Crippen LogP contribution in [0.3, 0.4) is 0 Å². The molecule has 0 aliphatic heterocycles. The van der Waals surface area contributed by atoms with Crippen molar-refractivity contribution < 1.29 is 24.0 Å². The van der Waals surface area contributed by atoms with Gasteiger partial charge in [-0.15, -0.1) is 0 Å². The van der Waals surface area contributed by atoms with Gasteiger partial charge in [0.1, 0.15) is 12.1 Å². The fourth-order valence-electron chi connectivity index (χ4n) is 3.98. The molecule has 0 fully saturated rings. The number of nitrogens with one attached hydrogen (secondary N) is 4. The zero-order valence-corrected chi connectivity index (χ0v) is 24.3. The van der Waals surface area contributed by atoms with E-state index in [1.54, 1.807) is 0 Å². The lowest BCUT2D eigenvalue weighted by molar-refractivity contribution is -0.131. The summed E-state index contributed by atoms with van der Waals surface area (Å²) in [5, 5.41) is 11.2. The summed E-state index contributed by atoms with van der Waals surface area (Å²) in [7, 11) is 0. The third-order valence-electron chi connectivity index (χ3n) is 6.42. The maximum Gasteiger partial charge on any atom is 0.243 e. The third-order valence-corrected chi connectivity index (χ3v) is 6.42. The highest BCUT2D eigenvalue weighted by Gasteiger charge is 2.25. The van der Waals surface area contributed by atoms with Crippen LogP contribution in [-0.2, 0) is 24.0 Å².